The lowest BCUT2D eigenvalue weighted by Gasteiger charge is -2.44. The maximum absolute atomic E-state index is 12.4. The van der Waals surface area contributed by atoms with Gasteiger partial charge in [-0.3, -0.25) is 4.79 Å². The first-order chi connectivity index (χ1) is 10.3. The molecule has 3 aliphatic heterocycles. The van der Waals surface area contributed by atoms with Crippen LogP contribution in [0.5, 0.6) is 5.75 Å². The maximum atomic E-state index is 12.4. The number of carbonyl (C=O) groups excluding carboxylic acids is 1. The van der Waals surface area contributed by atoms with Crippen molar-refractivity contribution < 1.29 is 9.53 Å². The first-order valence-corrected chi connectivity index (χ1v) is 8.06. The van der Waals surface area contributed by atoms with E-state index in [9.17, 15) is 4.79 Å². The van der Waals surface area contributed by atoms with Gasteiger partial charge >= 0.3 is 0 Å². The number of para-hydroxylation sites is 1. The van der Waals surface area contributed by atoms with Gasteiger partial charge in [0.2, 0.25) is 5.91 Å². The molecular formula is C17H22N2O2. The van der Waals surface area contributed by atoms with Crippen molar-refractivity contribution in [2.45, 2.75) is 37.8 Å². The van der Waals surface area contributed by atoms with Crippen LogP contribution in [-0.4, -0.2) is 42.6 Å². The van der Waals surface area contributed by atoms with Crippen molar-refractivity contribution in [2.75, 3.05) is 19.6 Å². The molecule has 4 rings (SSSR count). The van der Waals surface area contributed by atoms with E-state index >= 15 is 0 Å². The molecule has 0 saturated carbocycles. The van der Waals surface area contributed by atoms with Crippen molar-refractivity contribution in [3.8, 4) is 5.75 Å². The number of rotatable bonds is 2. The van der Waals surface area contributed by atoms with Gasteiger partial charge in [-0.25, -0.2) is 0 Å². The number of piperidine rings is 2. The molecule has 1 aromatic rings. The summed E-state index contributed by atoms with van der Waals surface area (Å²) in [6.07, 6.45) is 3.87. The van der Waals surface area contributed by atoms with Gasteiger partial charge in [0.05, 0.1) is 6.54 Å². The van der Waals surface area contributed by atoms with Crippen molar-refractivity contribution in [1.82, 2.24) is 10.2 Å². The molecule has 3 heterocycles. The van der Waals surface area contributed by atoms with Crippen molar-refractivity contribution >= 4 is 5.91 Å². The van der Waals surface area contributed by atoms with E-state index in [1.54, 1.807) is 0 Å². The predicted molar refractivity (Wildman–Crippen MR) is 80.3 cm³/mol. The molecule has 21 heavy (non-hydrogen) atoms. The number of fused-ring (bicyclic) bond motifs is 2. The number of hydrogen-bond acceptors (Lipinski definition) is 3. The van der Waals surface area contributed by atoms with Crippen LogP contribution in [0.3, 0.4) is 0 Å². The molecule has 3 unspecified atom stereocenters. The second kappa shape index (κ2) is 5.34. The molecular weight excluding hydrogens is 264 g/mol. The van der Waals surface area contributed by atoms with E-state index in [1.807, 2.05) is 12.1 Å². The van der Waals surface area contributed by atoms with Gasteiger partial charge in [0.25, 0.3) is 0 Å². The zero-order valence-electron chi connectivity index (χ0n) is 12.3. The molecule has 3 aliphatic rings. The lowest BCUT2D eigenvalue weighted by Crippen LogP contribution is -2.57. The zero-order chi connectivity index (χ0) is 14.2. The Labute approximate surface area is 125 Å². The van der Waals surface area contributed by atoms with E-state index in [4.69, 9.17) is 4.74 Å². The number of nitrogens with one attached hydrogen (secondary N) is 1. The number of ether oxygens (including phenoxy) is 1. The number of amides is 1. The van der Waals surface area contributed by atoms with Gasteiger partial charge in [0, 0.05) is 18.9 Å². The third-order valence-corrected chi connectivity index (χ3v) is 5.13. The van der Waals surface area contributed by atoms with Gasteiger partial charge in [-0.2, -0.15) is 0 Å². The standard InChI is InChI=1S/C17H22N2O2/c20-17-6-5-13-10-18-8-7-15(13)19(17)11-14-9-12-3-1-2-4-16(12)21-14/h1-4,13-15,18H,5-11H2. The van der Waals surface area contributed by atoms with Gasteiger partial charge < -0.3 is 15.0 Å². The summed E-state index contributed by atoms with van der Waals surface area (Å²) in [5.74, 6) is 1.94. The second-order valence-corrected chi connectivity index (χ2v) is 6.46. The van der Waals surface area contributed by atoms with Crippen LogP contribution in [0.1, 0.15) is 24.8 Å². The van der Waals surface area contributed by atoms with Gasteiger partial charge in [-0.05, 0) is 43.5 Å². The summed E-state index contributed by atoms with van der Waals surface area (Å²) in [7, 11) is 0. The number of nitrogens with zero attached hydrogens (tertiary/aromatic N) is 1. The topological polar surface area (TPSA) is 41.6 Å². The molecule has 1 N–H and O–H groups in total. The van der Waals surface area contributed by atoms with Gasteiger partial charge in [0.15, 0.2) is 0 Å². The highest BCUT2D eigenvalue weighted by molar-refractivity contribution is 5.77. The van der Waals surface area contributed by atoms with Crippen LogP contribution >= 0.6 is 0 Å². The van der Waals surface area contributed by atoms with E-state index < -0.39 is 0 Å². The van der Waals surface area contributed by atoms with Crippen molar-refractivity contribution in [2.24, 2.45) is 5.92 Å². The highest BCUT2D eigenvalue weighted by Gasteiger charge is 2.39. The number of likely N-dealkylation sites (tertiary alicyclic amines) is 1. The van der Waals surface area contributed by atoms with Gasteiger partial charge in [-0.1, -0.05) is 18.2 Å². The Morgan fingerprint density at radius 3 is 3.10 bits per heavy atom. The van der Waals surface area contributed by atoms with Crippen molar-refractivity contribution in [3.05, 3.63) is 29.8 Å². The summed E-state index contributed by atoms with van der Waals surface area (Å²) in [5.41, 5.74) is 1.27. The molecule has 0 bridgehead atoms. The minimum absolute atomic E-state index is 0.125. The first-order valence-electron chi connectivity index (χ1n) is 8.06. The summed E-state index contributed by atoms with van der Waals surface area (Å²) < 4.78 is 6.03. The molecule has 112 valence electrons. The van der Waals surface area contributed by atoms with E-state index in [0.717, 1.165) is 44.6 Å². The summed E-state index contributed by atoms with van der Waals surface area (Å²) in [4.78, 5) is 14.5. The van der Waals surface area contributed by atoms with Crippen LogP contribution in [0.15, 0.2) is 24.3 Å². The number of hydrogen-bond donors (Lipinski definition) is 1. The minimum Gasteiger partial charge on any atom is -0.488 e. The molecule has 2 saturated heterocycles. The van der Waals surface area contributed by atoms with E-state index in [2.05, 4.69) is 22.3 Å². The van der Waals surface area contributed by atoms with Crippen LogP contribution < -0.4 is 10.1 Å². The van der Waals surface area contributed by atoms with Crippen LogP contribution in [0, 0.1) is 5.92 Å². The molecule has 4 nitrogen and oxygen atoms in total. The normalized spacial score (nSPS) is 31.5. The molecule has 4 heteroatoms. The lowest BCUT2D eigenvalue weighted by atomic mass is 9.84. The summed E-state index contributed by atoms with van der Waals surface area (Å²) in [6.45, 7) is 2.82. The molecule has 3 atom stereocenters. The molecule has 1 aromatic carbocycles. The van der Waals surface area contributed by atoms with Crippen molar-refractivity contribution in [1.29, 1.82) is 0 Å². The number of carbonyl (C=O) groups is 1. The fourth-order valence-corrected chi connectivity index (χ4v) is 4.06. The van der Waals surface area contributed by atoms with Crippen molar-refractivity contribution in [3.63, 3.8) is 0 Å². The maximum Gasteiger partial charge on any atom is 0.222 e. The van der Waals surface area contributed by atoms with E-state index in [1.165, 1.54) is 5.56 Å². The fourth-order valence-electron chi connectivity index (χ4n) is 4.06. The SMILES string of the molecule is O=C1CCC2CNCCC2N1CC1Cc2ccccc2O1. The smallest absolute Gasteiger partial charge is 0.222 e. The highest BCUT2D eigenvalue weighted by atomic mass is 16.5. The average molecular weight is 286 g/mol. The Bertz CT molecular complexity index is 520. The summed E-state index contributed by atoms with van der Waals surface area (Å²) >= 11 is 0. The van der Waals surface area contributed by atoms with E-state index in [0.29, 0.717) is 24.3 Å². The first kappa shape index (κ1) is 13.1. The minimum atomic E-state index is 0.125. The Kier molecular flexibility index (Phi) is 3.34. The van der Waals surface area contributed by atoms with Gasteiger partial charge in [0.1, 0.15) is 11.9 Å². The molecule has 0 spiro atoms. The fraction of sp³-hybridized carbons (Fsp3) is 0.588. The number of benzene rings is 1. The van der Waals surface area contributed by atoms with Crippen LogP contribution in [-0.2, 0) is 11.2 Å². The molecule has 0 aromatic heterocycles. The largest absolute Gasteiger partial charge is 0.488 e. The Balaban J connectivity index is 1.47. The Morgan fingerprint density at radius 1 is 1.29 bits per heavy atom. The predicted octanol–water partition coefficient (Wildman–Crippen LogP) is 1.59. The average Bonchev–Trinajstić information content (AvgIpc) is 2.92. The zero-order valence-corrected chi connectivity index (χ0v) is 12.3. The van der Waals surface area contributed by atoms with Crippen LogP contribution in [0.4, 0.5) is 0 Å². The molecule has 2 fully saturated rings. The van der Waals surface area contributed by atoms with Crippen LogP contribution in [0.2, 0.25) is 0 Å². The second-order valence-electron chi connectivity index (χ2n) is 6.46. The third kappa shape index (κ3) is 2.42. The Morgan fingerprint density at radius 2 is 2.19 bits per heavy atom. The molecule has 0 radical (unpaired) electrons. The Hall–Kier alpha value is -1.55. The third-order valence-electron chi connectivity index (χ3n) is 5.13. The van der Waals surface area contributed by atoms with E-state index in [-0.39, 0.29) is 6.10 Å². The quantitative estimate of drug-likeness (QED) is 0.897. The molecule has 1 amide bonds. The summed E-state index contributed by atoms with van der Waals surface area (Å²) in [5, 5.41) is 3.46. The lowest BCUT2D eigenvalue weighted by molar-refractivity contribution is -0.141. The highest BCUT2D eigenvalue weighted by Crippen LogP contribution is 2.32. The monoisotopic (exact) mass is 286 g/mol. The van der Waals surface area contributed by atoms with Gasteiger partial charge in [-0.15, -0.1) is 0 Å². The molecule has 0 aliphatic carbocycles. The van der Waals surface area contributed by atoms with Crippen LogP contribution in [0.25, 0.3) is 0 Å². The summed E-state index contributed by atoms with van der Waals surface area (Å²) in [6, 6.07) is 8.64.